The molecule has 7 heteroatoms. The van der Waals surface area contributed by atoms with Gasteiger partial charge in [-0.15, -0.1) is 11.3 Å². The van der Waals surface area contributed by atoms with Crippen LogP contribution >= 0.6 is 11.3 Å². The monoisotopic (exact) mass is 326 g/mol. The fraction of sp³-hybridized carbons (Fsp3) is 0.375. The second-order valence-electron chi connectivity index (χ2n) is 5.64. The fourth-order valence-corrected chi connectivity index (χ4v) is 3.56. The predicted octanol–water partition coefficient (Wildman–Crippen LogP) is 1.85. The third-order valence-corrected chi connectivity index (χ3v) is 4.99. The molecular formula is C16H18N6S. The molecular weight excluding hydrogens is 308 g/mol. The number of rotatable bonds is 4. The molecule has 0 unspecified atom stereocenters. The van der Waals surface area contributed by atoms with E-state index in [4.69, 9.17) is 0 Å². The minimum Gasteiger partial charge on any atom is -0.352 e. The van der Waals surface area contributed by atoms with Crippen molar-refractivity contribution in [3.8, 4) is 0 Å². The summed E-state index contributed by atoms with van der Waals surface area (Å²) in [5, 5.41) is 0. The molecule has 1 saturated heterocycles. The van der Waals surface area contributed by atoms with Crippen LogP contribution in [0.5, 0.6) is 0 Å². The smallest absolute Gasteiger partial charge is 0.159 e. The van der Waals surface area contributed by atoms with Gasteiger partial charge in [0.1, 0.15) is 16.7 Å². The van der Waals surface area contributed by atoms with Gasteiger partial charge >= 0.3 is 0 Å². The van der Waals surface area contributed by atoms with Crippen molar-refractivity contribution in [1.82, 2.24) is 24.8 Å². The van der Waals surface area contributed by atoms with Crippen LogP contribution in [0.15, 0.2) is 36.4 Å². The summed E-state index contributed by atoms with van der Waals surface area (Å²) in [7, 11) is 0. The van der Waals surface area contributed by atoms with Crippen LogP contribution in [0.3, 0.4) is 0 Å². The highest BCUT2D eigenvalue weighted by Crippen LogP contribution is 2.24. The lowest BCUT2D eigenvalue weighted by atomic mass is 10.2. The van der Waals surface area contributed by atoms with Gasteiger partial charge in [0.2, 0.25) is 0 Å². The molecule has 4 heterocycles. The topological polar surface area (TPSA) is 58.0 Å². The predicted molar refractivity (Wildman–Crippen MR) is 91.8 cm³/mol. The Hall–Kier alpha value is -2.12. The highest BCUT2D eigenvalue weighted by molar-refractivity contribution is 7.16. The van der Waals surface area contributed by atoms with Crippen molar-refractivity contribution in [3.05, 3.63) is 41.9 Å². The van der Waals surface area contributed by atoms with Gasteiger partial charge in [-0.3, -0.25) is 9.88 Å². The molecule has 0 bridgehead atoms. The standard InChI is InChI=1S/C16H18N6S/c1-4-17-5-2-13(1)3-6-21-7-9-22(10-8-21)15-14-16(19-11-18-15)23-12-20-14/h1-2,4-5,11-12H,3,6-10H2. The molecule has 3 aromatic rings. The number of thiazole rings is 1. The molecule has 0 spiro atoms. The quantitative estimate of drug-likeness (QED) is 0.729. The highest BCUT2D eigenvalue weighted by atomic mass is 32.1. The molecule has 0 amide bonds. The second-order valence-corrected chi connectivity index (χ2v) is 6.47. The molecule has 0 aromatic carbocycles. The lowest BCUT2D eigenvalue weighted by Crippen LogP contribution is -2.47. The number of pyridine rings is 1. The molecule has 6 nitrogen and oxygen atoms in total. The number of anilines is 1. The number of hydrogen-bond donors (Lipinski definition) is 0. The maximum absolute atomic E-state index is 4.45. The van der Waals surface area contributed by atoms with Crippen molar-refractivity contribution in [2.24, 2.45) is 0 Å². The lowest BCUT2D eigenvalue weighted by molar-refractivity contribution is 0.260. The van der Waals surface area contributed by atoms with Crippen molar-refractivity contribution in [2.45, 2.75) is 6.42 Å². The van der Waals surface area contributed by atoms with Crippen molar-refractivity contribution in [3.63, 3.8) is 0 Å². The minimum absolute atomic E-state index is 0.933. The van der Waals surface area contributed by atoms with Gasteiger partial charge in [-0.1, -0.05) is 0 Å². The van der Waals surface area contributed by atoms with Crippen LogP contribution in [0.1, 0.15) is 5.56 Å². The second kappa shape index (κ2) is 6.55. The van der Waals surface area contributed by atoms with Crippen molar-refractivity contribution in [1.29, 1.82) is 0 Å². The van der Waals surface area contributed by atoms with Crippen LogP contribution in [0, 0.1) is 0 Å². The summed E-state index contributed by atoms with van der Waals surface area (Å²) >= 11 is 1.57. The SMILES string of the molecule is c1cc(CCN2CCN(c3ncnc4scnc34)CC2)ccn1. The Kier molecular flexibility index (Phi) is 4.12. The first-order chi connectivity index (χ1) is 11.4. The van der Waals surface area contributed by atoms with Gasteiger partial charge in [-0.2, -0.15) is 0 Å². The normalized spacial score (nSPS) is 16.1. The summed E-state index contributed by atoms with van der Waals surface area (Å²) in [5.74, 6) is 0.977. The molecule has 23 heavy (non-hydrogen) atoms. The van der Waals surface area contributed by atoms with E-state index in [1.165, 1.54) is 5.56 Å². The van der Waals surface area contributed by atoms with E-state index in [0.717, 1.165) is 55.3 Å². The van der Waals surface area contributed by atoms with Crippen LogP contribution in [-0.2, 0) is 6.42 Å². The summed E-state index contributed by atoms with van der Waals surface area (Å²) in [6.07, 6.45) is 6.45. The Morgan fingerprint density at radius 2 is 1.83 bits per heavy atom. The summed E-state index contributed by atoms with van der Waals surface area (Å²) in [5.41, 5.74) is 4.12. The van der Waals surface area contributed by atoms with E-state index in [9.17, 15) is 0 Å². The van der Waals surface area contributed by atoms with Gasteiger partial charge < -0.3 is 4.90 Å². The Morgan fingerprint density at radius 1 is 1.00 bits per heavy atom. The zero-order valence-electron chi connectivity index (χ0n) is 12.8. The Balaban J connectivity index is 1.37. The van der Waals surface area contributed by atoms with E-state index < -0.39 is 0 Å². The molecule has 1 fully saturated rings. The Morgan fingerprint density at radius 3 is 2.65 bits per heavy atom. The van der Waals surface area contributed by atoms with E-state index in [1.807, 2.05) is 17.9 Å². The molecule has 1 aliphatic rings. The van der Waals surface area contributed by atoms with Crippen LogP contribution in [-0.4, -0.2) is 57.6 Å². The minimum atomic E-state index is 0.933. The molecule has 0 saturated carbocycles. The Labute approximate surface area is 138 Å². The van der Waals surface area contributed by atoms with Gasteiger partial charge in [0.25, 0.3) is 0 Å². The van der Waals surface area contributed by atoms with Crippen molar-refractivity contribution >= 4 is 27.5 Å². The number of nitrogens with zero attached hydrogens (tertiary/aromatic N) is 6. The maximum atomic E-state index is 4.45. The summed E-state index contributed by atoms with van der Waals surface area (Å²) in [6, 6.07) is 4.19. The first-order valence-corrected chi connectivity index (χ1v) is 8.68. The van der Waals surface area contributed by atoms with Crippen molar-refractivity contribution < 1.29 is 0 Å². The number of hydrogen-bond acceptors (Lipinski definition) is 7. The van der Waals surface area contributed by atoms with Gasteiger partial charge in [0.05, 0.1) is 5.51 Å². The molecule has 0 aliphatic carbocycles. The van der Waals surface area contributed by atoms with Crippen LogP contribution < -0.4 is 4.90 Å². The van der Waals surface area contributed by atoms with Crippen LogP contribution in [0.25, 0.3) is 10.3 Å². The van der Waals surface area contributed by atoms with E-state index >= 15 is 0 Å². The first-order valence-electron chi connectivity index (χ1n) is 7.80. The fourth-order valence-electron chi connectivity index (χ4n) is 2.93. The highest BCUT2D eigenvalue weighted by Gasteiger charge is 2.20. The first kappa shape index (κ1) is 14.5. The number of fused-ring (bicyclic) bond motifs is 1. The zero-order chi connectivity index (χ0) is 15.5. The summed E-state index contributed by atoms with van der Waals surface area (Å²) < 4.78 is 0. The number of aromatic nitrogens is 4. The van der Waals surface area contributed by atoms with Gasteiger partial charge in [-0.05, 0) is 24.1 Å². The third kappa shape index (κ3) is 3.16. The van der Waals surface area contributed by atoms with E-state index in [0.29, 0.717) is 0 Å². The average Bonchev–Trinajstić information content (AvgIpc) is 3.10. The van der Waals surface area contributed by atoms with Crippen LogP contribution in [0.4, 0.5) is 5.82 Å². The zero-order valence-corrected chi connectivity index (χ0v) is 13.6. The van der Waals surface area contributed by atoms with E-state index in [1.54, 1.807) is 17.7 Å². The summed E-state index contributed by atoms with van der Waals surface area (Å²) in [6.45, 7) is 5.18. The van der Waals surface area contributed by atoms with E-state index in [-0.39, 0.29) is 0 Å². The number of piperazine rings is 1. The van der Waals surface area contributed by atoms with E-state index in [2.05, 4.69) is 41.9 Å². The van der Waals surface area contributed by atoms with Crippen LogP contribution in [0.2, 0.25) is 0 Å². The van der Waals surface area contributed by atoms with Crippen molar-refractivity contribution in [2.75, 3.05) is 37.6 Å². The Bertz CT molecular complexity index is 766. The lowest BCUT2D eigenvalue weighted by Gasteiger charge is -2.35. The maximum Gasteiger partial charge on any atom is 0.159 e. The van der Waals surface area contributed by atoms with Gasteiger partial charge in [0.15, 0.2) is 5.82 Å². The average molecular weight is 326 g/mol. The summed E-state index contributed by atoms with van der Waals surface area (Å²) in [4.78, 5) is 23.0. The molecule has 4 rings (SSSR count). The van der Waals surface area contributed by atoms with Gasteiger partial charge in [-0.25, -0.2) is 15.0 Å². The molecule has 3 aromatic heterocycles. The molecule has 0 N–H and O–H groups in total. The molecule has 1 aliphatic heterocycles. The molecule has 118 valence electrons. The molecule has 0 atom stereocenters. The van der Waals surface area contributed by atoms with Gasteiger partial charge in [0, 0.05) is 45.1 Å². The third-order valence-electron chi connectivity index (χ3n) is 4.25. The largest absolute Gasteiger partial charge is 0.352 e. The molecule has 0 radical (unpaired) electrons.